The third kappa shape index (κ3) is 2.33. The van der Waals surface area contributed by atoms with Crippen molar-refractivity contribution in [3.63, 3.8) is 0 Å². The Morgan fingerprint density at radius 1 is 1.11 bits per heavy atom. The smallest absolute Gasteiger partial charge is 0.0351 e. The third-order valence-corrected chi connectivity index (χ3v) is 5.09. The Bertz CT molecular complexity index is 390. The molecule has 98 valence electrons. The standard InChI is InChI=1S/C17H25N/c1-2-13-7-9-15(10-8-13)17-16-6-4-3-5-14(16)11-12-18-17/h3-6,13,15,17-18H,2,7-12H2,1H3. The first kappa shape index (κ1) is 12.2. The van der Waals surface area contributed by atoms with Gasteiger partial charge in [0.1, 0.15) is 0 Å². The summed E-state index contributed by atoms with van der Waals surface area (Å²) in [5, 5.41) is 3.78. The Hall–Kier alpha value is -0.820. The van der Waals surface area contributed by atoms with E-state index in [9.17, 15) is 0 Å². The van der Waals surface area contributed by atoms with Crippen molar-refractivity contribution in [1.29, 1.82) is 0 Å². The molecule has 1 aromatic carbocycles. The van der Waals surface area contributed by atoms with Gasteiger partial charge in [-0.05, 0) is 48.8 Å². The minimum absolute atomic E-state index is 0.632. The summed E-state index contributed by atoms with van der Waals surface area (Å²) >= 11 is 0. The zero-order valence-corrected chi connectivity index (χ0v) is 11.5. The van der Waals surface area contributed by atoms with E-state index in [0.717, 1.165) is 18.4 Å². The van der Waals surface area contributed by atoms with Gasteiger partial charge in [0.25, 0.3) is 0 Å². The highest BCUT2D eigenvalue weighted by atomic mass is 14.9. The Balaban J connectivity index is 1.74. The SMILES string of the molecule is CCC1CCC(C2NCCc3ccccc32)CC1. The molecule has 1 aliphatic heterocycles. The monoisotopic (exact) mass is 243 g/mol. The average Bonchev–Trinajstić information content (AvgIpc) is 2.47. The van der Waals surface area contributed by atoms with Crippen LogP contribution in [0.3, 0.4) is 0 Å². The molecule has 0 amide bonds. The van der Waals surface area contributed by atoms with Gasteiger partial charge in [-0.25, -0.2) is 0 Å². The Morgan fingerprint density at radius 3 is 2.67 bits per heavy atom. The summed E-state index contributed by atoms with van der Waals surface area (Å²) < 4.78 is 0. The maximum Gasteiger partial charge on any atom is 0.0351 e. The van der Waals surface area contributed by atoms with E-state index in [1.807, 2.05) is 0 Å². The molecule has 1 N–H and O–H groups in total. The van der Waals surface area contributed by atoms with Crippen LogP contribution in [0.2, 0.25) is 0 Å². The molecule has 1 unspecified atom stereocenters. The molecule has 0 aromatic heterocycles. The molecule has 1 nitrogen and oxygen atoms in total. The van der Waals surface area contributed by atoms with Crippen molar-refractivity contribution >= 4 is 0 Å². The van der Waals surface area contributed by atoms with E-state index in [-0.39, 0.29) is 0 Å². The first-order valence-electron chi connectivity index (χ1n) is 7.69. The molecular formula is C17H25N. The van der Waals surface area contributed by atoms with Crippen LogP contribution in [0.5, 0.6) is 0 Å². The highest BCUT2D eigenvalue weighted by molar-refractivity contribution is 5.32. The highest BCUT2D eigenvalue weighted by Gasteiger charge is 2.30. The lowest BCUT2D eigenvalue weighted by molar-refractivity contribution is 0.214. The van der Waals surface area contributed by atoms with E-state index in [2.05, 4.69) is 36.5 Å². The van der Waals surface area contributed by atoms with Crippen LogP contribution in [0.1, 0.15) is 56.2 Å². The number of hydrogen-bond acceptors (Lipinski definition) is 1. The lowest BCUT2D eigenvalue weighted by Crippen LogP contribution is -2.36. The third-order valence-electron chi connectivity index (χ3n) is 5.09. The maximum atomic E-state index is 3.78. The van der Waals surface area contributed by atoms with E-state index < -0.39 is 0 Å². The van der Waals surface area contributed by atoms with E-state index in [1.165, 1.54) is 38.5 Å². The van der Waals surface area contributed by atoms with Gasteiger partial charge >= 0.3 is 0 Å². The van der Waals surface area contributed by atoms with E-state index in [4.69, 9.17) is 0 Å². The average molecular weight is 243 g/mol. The Kier molecular flexibility index (Phi) is 3.69. The van der Waals surface area contributed by atoms with Gasteiger partial charge in [0.05, 0.1) is 0 Å². The number of benzene rings is 1. The van der Waals surface area contributed by atoms with Gasteiger partial charge in [0.15, 0.2) is 0 Å². The van der Waals surface area contributed by atoms with Crippen LogP contribution in [0, 0.1) is 11.8 Å². The number of fused-ring (bicyclic) bond motifs is 1. The van der Waals surface area contributed by atoms with Crippen LogP contribution in [0.15, 0.2) is 24.3 Å². The second-order valence-electron chi connectivity index (χ2n) is 6.07. The van der Waals surface area contributed by atoms with Crippen molar-refractivity contribution in [2.75, 3.05) is 6.54 Å². The predicted molar refractivity (Wildman–Crippen MR) is 76.6 cm³/mol. The first-order valence-corrected chi connectivity index (χ1v) is 7.69. The van der Waals surface area contributed by atoms with Crippen molar-refractivity contribution in [3.05, 3.63) is 35.4 Å². The summed E-state index contributed by atoms with van der Waals surface area (Å²) in [7, 11) is 0. The zero-order chi connectivity index (χ0) is 12.4. The maximum absolute atomic E-state index is 3.78. The van der Waals surface area contributed by atoms with Gasteiger partial charge < -0.3 is 5.32 Å². The van der Waals surface area contributed by atoms with E-state index in [1.54, 1.807) is 11.1 Å². The summed E-state index contributed by atoms with van der Waals surface area (Å²) in [6.45, 7) is 3.51. The highest BCUT2D eigenvalue weighted by Crippen LogP contribution is 2.39. The molecule has 1 fully saturated rings. The quantitative estimate of drug-likeness (QED) is 0.825. The summed E-state index contributed by atoms with van der Waals surface area (Å²) in [6.07, 6.45) is 8.32. The second kappa shape index (κ2) is 5.44. The largest absolute Gasteiger partial charge is 0.309 e. The van der Waals surface area contributed by atoms with Crippen LogP contribution in [0.4, 0.5) is 0 Å². The first-order chi connectivity index (χ1) is 8.88. The molecule has 1 saturated carbocycles. The molecule has 18 heavy (non-hydrogen) atoms. The molecule has 1 heteroatoms. The number of hydrogen-bond donors (Lipinski definition) is 1. The number of rotatable bonds is 2. The van der Waals surface area contributed by atoms with Crippen LogP contribution >= 0.6 is 0 Å². The van der Waals surface area contributed by atoms with Crippen LogP contribution in [-0.2, 0) is 6.42 Å². The molecular weight excluding hydrogens is 218 g/mol. The lowest BCUT2D eigenvalue weighted by Gasteiger charge is -2.37. The van der Waals surface area contributed by atoms with Crippen LogP contribution in [0.25, 0.3) is 0 Å². The Labute approximate surface area is 111 Å². The summed E-state index contributed by atoms with van der Waals surface area (Å²) in [4.78, 5) is 0. The summed E-state index contributed by atoms with van der Waals surface area (Å²) in [6, 6.07) is 9.69. The van der Waals surface area contributed by atoms with Gasteiger partial charge in [-0.2, -0.15) is 0 Å². The topological polar surface area (TPSA) is 12.0 Å². The molecule has 2 aliphatic rings. The zero-order valence-electron chi connectivity index (χ0n) is 11.5. The van der Waals surface area contributed by atoms with E-state index >= 15 is 0 Å². The van der Waals surface area contributed by atoms with E-state index in [0.29, 0.717) is 6.04 Å². The summed E-state index contributed by atoms with van der Waals surface area (Å²) in [5.74, 6) is 1.87. The van der Waals surface area contributed by atoms with Gasteiger partial charge in [-0.1, -0.05) is 50.5 Å². The summed E-state index contributed by atoms with van der Waals surface area (Å²) in [5.41, 5.74) is 3.17. The van der Waals surface area contributed by atoms with Crippen molar-refractivity contribution in [3.8, 4) is 0 Å². The van der Waals surface area contributed by atoms with Gasteiger partial charge in [-0.3, -0.25) is 0 Å². The normalized spacial score (nSPS) is 31.9. The fourth-order valence-corrected chi connectivity index (χ4v) is 3.89. The molecule has 0 bridgehead atoms. The molecule has 0 saturated heterocycles. The van der Waals surface area contributed by atoms with Gasteiger partial charge in [-0.15, -0.1) is 0 Å². The fraction of sp³-hybridized carbons (Fsp3) is 0.647. The molecule has 0 spiro atoms. The minimum Gasteiger partial charge on any atom is -0.309 e. The molecule has 3 rings (SSSR count). The van der Waals surface area contributed by atoms with Gasteiger partial charge in [0.2, 0.25) is 0 Å². The molecule has 1 aliphatic carbocycles. The molecule has 0 radical (unpaired) electrons. The molecule has 1 aromatic rings. The van der Waals surface area contributed by atoms with Crippen molar-refractivity contribution in [2.45, 2.75) is 51.5 Å². The second-order valence-corrected chi connectivity index (χ2v) is 6.07. The fourth-order valence-electron chi connectivity index (χ4n) is 3.89. The minimum atomic E-state index is 0.632. The molecule has 1 atom stereocenters. The van der Waals surface area contributed by atoms with Crippen LogP contribution in [-0.4, -0.2) is 6.54 Å². The van der Waals surface area contributed by atoms with Crippen LogP contribution < -0.4 is 5.32 Å². The van der Waals surface area contributed by atoms with Gasteiger partial charge in [0, 0.05) is 6.04 Å². The van der Waals surface area contributed by atoms with Crippen molar-refractivity contribution in [2.24, 2.45) is 11.8 Å². The Morgan fingerprint density at radius 2 is 1.89 bits per heavy atom. The predicted octanol–water partition coefficient (Wildman–Crippen LogP) is 4.09. The number of nitrogens with one attached hydrogen (secondary N) is 1. The lowest BCUT2D eigenvalue weighted by atomic mass is 9.74. The molecule has 1 heterocycles. The van der Waals surface area contributed by atoms with Crippen molar-refractivity contribution in [1.82, 2.24) is 5.32 Å². The van der Waals surface area contributed by atoms with Crippen molar-refractivity contribution < 1.29 is 0 Å².